The number of methoxy groups -OCH3 is 3. The third-order valence-corrected chi connectivity index (χ3v) is 6.73. The zero-order valence-corrected chi connectivity index (χ0v) is 19.1. The van der Waals surface area contributed by atoms with Crippen molar-refractivity contribution >= 4 is 11.9 Å². The van der Waals surface area contributed by atoms with Crippen molar-refractivity contribution in [3.05, 3.63) is 40.5 Å². The van der Waals surface area contributed by atoms with Gasteiger partial charge in [0.15, 0.2) is 11.5 Å². The summed E-state index contributed by atoms with van der Waals surface area (Å²) in [6, 6.07) is 5.98. The van der Waals surface area contributed by atoms with Gasteiger partial charge in [-0.05, 0) is 46.9 Å². The molecule has 0 radical (unpaired) electrons. The Bertz CT molecular complexity index is 1140. The lowest BCUT2D eigenvalue weighted by Crippen LogP contribution is -2.29. The SMILES string of the molecule is COc1cc2c(c(OC)c1OC)-c1cc3c(cc1[C@H](OC(C)=O)[C@H]1COC(=O)[C@@H]1C2)COC3. The number of hydrogen-bond donors (Lipinski definition) is 0. The molecule has 5 rings (SSSR count). The van der Waals surface area contributed by atoms with Gasteiger partial charge < -0.3 is 28.4 Å². The van der Waals surface area contributed by atoms with E-state index in [9.17, 15) is 9.59 Å². The van der Waals surface area contributed by atoms with Gasteiger partial charge in [-0.3, -0.25) is 9.59 Å². The number of carbonyl (C=O) groups is 2. The Morgan fingerprint density at radius 1 is 0.970 bits per heavy atom. The number of hydrogen-bond acceptors (Lipinski definition) is 8. The minimum absolute atomic E-state index is 0.189. The minimum atomic E-state index is -0.647. The summed E-state index contributed by atoms with van der Waals surface area (Å²) in [6.07, 6.45) is -0.258. The topological polar surface area (TPSA) is 89.5 Å². The van der Waals surface area contributed by atoms with Gasteiger partial charge in [0.05, 0.1) is 47.1 Å². The average molecular weight is 454 g/mol. The highest BCUT2D eigenvalue weighted by Crippen LogP contribution is 2.53. The quantitative estimate of drug-likeness (QED) is 0.650. The van der Waals surface area contributed by atoms with E-state index in [1.54, 1.807) is 21.3 Å². The molecule has 2 aromatic carbocycles. The summed E-state index contributed by atoms with van der Waals surface area (Å²) < 4.78 is 34.1. The molecule has 0 aromatic heterocycles. The van der Waals surface area contributed by atoms with Gasteiger partial charge in [-0.25, -0.2) is 0 Å². The van der Waals surface area contributed by atoms with Crippen molar-refractivity contribution in [1.82, 2.24) is 0 Å². The van der Waals surface area contributed by atoms with Gasteiger partial charge in [-0.1, -0.05) is 0 Å². The second kappa shape index (κ2) is 8.26. The fourth-order valence-electron chi connectivity index (χ4n) is 5.27. The van der Waals surface area contributed by atoms with Crippen molar-refractivity contribution in [3.8, 4) is 28.4 Å². The van der Waals surface area contributed by atoms with Gasteiger partial charge in [-0.15, -0.1) is 0 Å². The van der Waals surface area contributed by atoms with Crippen LogP contribution in [0.25, 0.3) is 11.1 Å². The third kappa shape index (κ3) is 3.40. The van der Waals surface area contributed by atoms with Crippen LogP contribution in [0.15, 0.2) is 18.2 Å². The summed E-state index contributed by atoms with van der Waals surface area (Å²) in [5, 5.41) is 0. The van der Waals surface area contributed by atoms with Crippen molar-refractivity contribution in [1.29, 1.82) is 0 Å². The Morgan fingerprint density at radius 3 is 2.36 bits per heavy atom. The van der Waals surface area contributed by atoms with E-state index in [4.69, 9.17) is 28.4 Å². The summed E-state index contributed by atoms with van der Waals surface area (Å²) in [5.41, 5.74) is 5.42. The first-order chi connectivity index (χ1) is 16.0. The Balaban J connectivity index is 1.86. The van der Waals surface area contributed by atoms with Gasteiger partial charge >= 0.3 is 11.9 Å². The predicted octanol–water partition coefficient (Wildman–Crippen LogP) is 3.36. The second-order valence-corrected chi connectivity index (χ2v) is 8.51. The average Bonchev–Trinajstić information content (AvgIpc) is 3.40. The van der Waals surface area contributed by atoms with Gasteiger partial charge in [0.2, 0.25) is 5.75 Å². The molecular formula is C25H26O8. The molecule has 1 saturated heterocycles. The first-order valence-electron chi connectivity index (χ1n) is 10.9. The first kappa shape index (κ1) is 21.6. The third-order valence-electron chi connectivity index (χ3n) is 6.73. The number of benzene rings is 2. The van der Waals surface area contributed by atoms with Crippen LogP contribution in [0.4, 0.5) is 0 Å². The lowest BCUT2D eigenvalue weighted by Gasteiger charge is -2.32. The van der Waals surface area contributed by atoms with Gasteiger partial charge in [-0.2, -0.15) is 0 Å². The largest absolute Gasteiger partial charge is 0.493 e. The summed E-state index contributed by atoms with van der Waals surface area (Å²) in [5.74, 6) is -0.0406. The summed E-state index contributed by atoms with van der Waals surface area (Å²) in [4.78, 5) is 24.9. The zero-order valence-electron chi connectivity index (χ0n) is 19.1. The molecule has 2 heterocycles. The first-order valence-corrected chi connectivity index (χ1v) is 10.9. The molecule has 3 aliphatic rings. The van der Waals surface area contributed by atoms with Crippen LogP contribution in [0.2, 0.25) is 0 Å². The molecule has 3 atom stereocenters. The van der Waals surface area contributed by atoms with Crippen molar-refractivity contribution in [3.63, 3.8) is 0 Å². The van der Waals surface area contributed by atoms with Crippen LogP contribution in [0, 0.1) is 11.8 Å². The van der Waals surface area contributed by atoms with E-state index >= 15 is 0 Å². The molecule has 0 spiro atoms. The molecule has 33 heavy (non-hydrogen) atoms. The molecule has 174 valence electrons. The number of fused-ring (bicyclic) bond motifs is 5. The zero-order chi connectivity index (χ0) is 23.3. The maximum Gasteiger partial charge on any atom is 0.309 e. The molecule has 2 aliphatic heterocycles. The molecule has 1 fully saturated rings. The van der Waals surface area contributed by atoms with Crippen LogP contribution < -0.4 is 14.2 Å². The molecule has 0 saturated carbocycles. The number of cyclic esters (lactones) is 1. The molecule has 1 aliphatic carbocycles. The second-order valence-electron chi connectivity index (χ2n) is 8.51. The standard InChI is InChI=1S/C25H26O8/c1-12(26)33-22-17-7-15-10-31-9-14(15)6-16(17)21-13(5-18-19(22)11-32-25(18)27)8-20(28-2)23(29-3)24(21)30-4/h6-8,18-19,22H,5,9-11H2,1-4H3/t18-,19+,22+/m1/s1. The van der Waals surface area contributed by atoms with E-state index in [1.165, 1.54) is 6.92 Å². The van der Waals surface area contributed by atoms with E-state index in [-0.39, 0.29) is 18.5 Å². The van der Waals surface area contributed by atoms with Crippen molar-refractivity contribution < 1.29 is 38.0 Å². The van der Waals surface area contributed by atoms with Crippen LogP contribution in [-0.2, 0) is 43.4 Å². The van der Waals surface area contributed by atoms with Crippen LogP contribution in [0.5, 0.6) is 17.2 Å². The number of carbonyl (C=O) groups excluding carboxylic acids is 2. The van der Waals surface area contributed by atoms with Crippen LogP contribution in [0.3, 0.4) is 0 Å². The fraction of sp³-hybridized carbons (Fsp3) is 0.440. The highest BCUT2D eigenvalue weighted by molar-refractivity contribution is 5.85. The number of ether oxygens (including phenoxy) is 6. The lowest BCUT2D eigenvalue weighted by atomic mass is 9.75. The van der Waals surface area contributed by atoms with Crippen LogP contribution in [-0.4, -0.2) is 39.9 Å². The molecule has 8 heteroatoms. The summed E-state index contributed by atoms with van der Waals surface area (Å²) in [7, 11) is 4.69. The summed E-state index contributed by atoms with van der Waals surface area (Å²) in [6.45, 7) is 2.55. The normalized spacial score (nSPS) is 22.7. The molecule has 0 N–H and O–H groups in total. The summed E-state index contributed by atoms with van der Waals surface area (Å²) >= 11 is 0. The van der Waals surface area contributed by atoms with Crippen molar-refractivity contribution in [2.75, 3.05) is 27.9 Å². The Labute approximate surface area is 191 Å². The fourth-order valence-corrected chi connectivity index (χ4v) is 5.27. The Kier molecular flexibility index (Phi) is 5.40. The lowest BCUT2D eigenvalue weighted by molar-refractivity contribution is -0.150. The van der Waals surface area contributed by atoms with Gasteiger partial charge in [0.1, 0.15) is 6.10 Å². The molecular weight excluding hydrogens is 428 g/mol. The number of esters is 2. The number of rotatable bonds is 4. The van der Waals surface area contributed by atoms with E-state index in [2.05, 4.69) is 6.07 Å². The minimum Gasteiger partial charge on any atom is -0.493 e. The maximum atomic E-state index is 12.8. The van der Waals surface area contributed by atoms with E-state index < -0.39 is 18.0 Å². The molecule has 0 unspecified atom stereocenters. The van der Waals surface area contributed by atoms with Crippen LogP contribution >= 0.6 is 0 Å². The van der Waals surface area contributed by atoms with Crippen molar-refractivity contribution in [2.45, 2.75) is 32.7 Å². The Morgan fingerprint density at radius 2 is 1.70 bits per heavy atom. The molecule has 0 bridgehead atoms. The maximum absolute atomic E-state index is 12.8. The monoisotopic (exact) mass is 454 g/mol. The molecule has 0 amide bonds. The highest BCUT2D eigenvalue weighted by Gasteiger charge is 2.47. The predicted molar refractivity (Wildman–Crippen MR) is 116 cm³/mol. The Hall–Kier alpha value is -3.26. The van der Waals surface area contributed by atoms with Gasteiger partial charge in [0.25, 0.3) is 0 Å². The molecule has 2 aromatic rings. The van der Waals surface area contributed by atoms with E-state index in [0.29, 0.717) is 36.9 Å². The van der Waals surface area contributed by atoms with Crippen LogP contribution in [0.1, 0.15) is 35.3 Å². The van der Waals surface area contributed by atoms with E-state index in [1.807, 2.05) is 12.1 Å². The molecule has 8 nitrogen and oxygen atoms in total. The van der Waals surface area contributed by atoms with Crippen molar-refractivity contribution in [2.24, 2.45) is 11.8 Å². The smallest absolute Gasteiger partial charge is 0.309 e. The van der Waals surface area contributed by atoms with Gasteiger partial charge in [0, 0.05) is 24.0 Å². The van der Waals surface area contributed by atoms with E-state index in [0.717, 1.165) is 33.4 Å². The highest BCUT2D eigenvalue weighted by atomic mass is 16.6.